The summed E-state index contributed by atoms with van der Waals surface area (Å²) in [4.78, 5) is 0. The first-order valence-electron chi connectivity index (χ1n) is 2.09. The van der Waals surface area contributed by atoms with Gasteiger partial charge in [-0.1, -0.05) is 5.92 Å². The Morgan fingerprint density at radius 3 is 2.43 bits per heavy atom. The van der Waals surface area contributed by atoms with Gasteiger partial charge in [0.15, 0.2) is 0 Å². The summed E-state index contributed by atoms with van der Waals surface area (Å²) < 4.78 is 4.71. The molecule has 0 aliphatic heterocycles. The van der Waals surface area contributed by atoms with Crippen LogP contribution in [0.3, 0.4) is 0 Å². The largest absolute Gasteiger partial charge is 0.369 e. The van der Waals surface area contributed by atoms with E-state index in [0.717, 1.165) is 0 Å². The molecule has 0 rings (SSSR count). The molecule has 1 nitrogen and oxygen atoms in total. The molecule has 0 N–H and O–H groups in total. The van der Waals surface area contributed by atoms with Crippen LogP contribution in [0.25, 0.3) is 0 Å². The minimum absolute atomic E-state index is 0.162. The zero-order valence-corrected chi connectivity index (χ0v) is 4.69. The molecule has 0 aliphatic carbocycles. The fraction of sp³-hybridized carbons (Fsp3) is 0.500. The molecule has 0 saturated heterocycles. The molecule has 0 amide bonds. The van der Waals surface area contributed by atoms with Crippen molar-refractivity contribution in [1.29, 1.82) is 0 Å². The number of methoxy groups -OCH3 is 1. The van der Waals surface area contributed by atoms with Gasteiger partial charge in [0.25, 0.3) is 0 Å². The molecule has 1 atom stereocenters. The lowest BCUT2D eigenvalue weighted by Gasteiger charge is -1.95. The van der Waals surface area contributed by atoms with Crippen LogP contribution in [0.4, 0.5) is 0 Å². The second kappa shape index (κ2) is 3.70. The zero-order chi connectivity index (χ0) is 5.70. The van der Waals surface area contributed by atoms with Crippen molar-refractivity contribution in [1.82, 2.24) is 0 Å². The van der Waals surface area contributed by atoms with Crippen LogP contribution in [-0.4, -0.2) is 13.2 Å². The van der Waals surface area contributed by atoms with Gasteiger partial charge in [-0.25, -0.2) is 0 Å². The molecule has 39 valence electrons. The molecule has 0 fully saturated rings. The highest BCUT2D eigenvalue weighted by Gasteiger charge is 1.85. The van der Waals surface area contributed by atoms with Gasteiger partial charge in [0, 0.05) is 7.11 Å². The second-order valence-electron chi connectivity index (χ2n) is 1.12. The molecular formula is C6H9O. The lowest BCUT2D eigenvalue weighted by molar-refractivity contribution is 0.182. The normalized spacial score (nSPS) is 11.9. The summed E-state index contributed by atoms with van der Waals surface area (Å²) in [5.41, 5.74) is 0. The highest BCUT2D eigenvalue weighted by molar-refractivity contribution is 5.03. The smallest absolute Gasteiger partial charge is 0.117 e. The summed E-state index contributed by atoms with van der Waals surface area (Å²) in [7, 11) is 1.59. The van der Waals surface area contributed by atoms with Gasteiger partial charge in [0.1, 0.15) is 6.10 Å². The van der Waals surface area contributed by atoms with Crippen molar-refractivity contribution in [2.24, 2.45) is 0 Å². The number of rotatable bonds is 1. The second-order valence-corrected chi connectivity index (χ2v) is 1.12. The summed E-state index contributed by atoms with van der Waals surface area (Å²) in [6, 6.07) is 0. The molecular weight excluding hydrogens is 88.1 g/mol. The van der Waals surface area contributed by atoms with E-state index in [4.69, 9.17) is 4.74 Å². The summed E-state index contributed by atoms with van der Waals surface area (Å²) in [5, 5.41) is 0. The minimum atomic E-state index is -0.162. The highest BCUT2D eigenvalue weighted by Crippen LogP contribution is 1.79. The Kier molecular flexibility index (Phi) is 3.45. The number of hydrogen-bond acceptors (Lipinski definition) is 1. The molecule has 1 radical (unpaired) electrons. The van der Waals surface area contributed by atoms with E-state index in [1.165, 1.54) is 0 Å². The quantitative estimate of drug-likeness (QED) is 0.441. The van der Waals surface area contributed by atoms with Crippen LogP contribution in [0.2, 0.25) is 0 Å². The Morgan fingerprint density at radius 1 is 1.71 bits per heavy atom. The van der Waals surface area contributed by atoms with E-state index >= 15 is 0 Å². The Bertz CT molecular complexity index is 86.1. The number of ether oxygens (including phenoxy) is 1. The Hall–Kier alpha value is -0.480. The van der Waals surface area contributed by atoms with E-state index < -0.39 is 0 Å². The van der Waals surface area contributed by atoms with Crippen LogP contribution in [-0.2, 0) is 4.74 Å². The maximum absolute atomic E-state index is 4.71. The first-order chi connectivity index (χ1) is 3.31. The van der Waals surface area contributed by atoms with Crippen molar-refractivity contribution >= 4 is 0 Å². The molecule has 0 heterocycles. The third-order valence-corrected chi connectivity index (χ3v) is 0.590. The van der Waals surface area contributed by atoms with Crippen LogP contribution >= 0.6 is 0 Å². The van der Waals surface area contributed by atoms with E-state index in [0.29, 0.717) is 0 Å². The summed E-state index contributed by atoms with van der Waals surface area (Å²) >= 11 is 0. The van der Waals surface area contributed by atoms with Gasteiger partial charge in [-0.15, -0.1) is 5.92 Å². The molecule has 7 heavy (non-hydrogen) atoms. The first-order valence-corrected chi connectivity index (χ1v) is 2.09. The van der Waals surface area contributed by atoms with Crippen molar-refractivity contribution in [3.8, 4) is 11.8 Å². The summed E-state index contributed by atoms with van der Waals surface area (Å²) in [5.74, 6) is 5.39. The lowest BCUT2D eigenvalue weighted by Crippen LogP contribution is -1.99. The van der Waals surface area contributed by atoms with Gasteiger partial charge in [0.05, 0.1) is 0 Å². The topological polar surface area (TPSA) is 9.23 Å². The molecule has 1 heteroatoms. The van der Waals surface area contributed by atoms with Gasteiger partial charge < -0.3 is 4.74 Å². The Morgan fingerprint density at radius 2 is 2.29 bits per heavy atom. The number of hydrogen-bond donors (Lipinski definition) is 0. The fourth-order valence-corrected chi connectivity index (χ4v) is 0.220. The monoisotopic (exact) mass is 97.1 g/mol. The Labute approximate surface area is 44.7 Å². The zero-order valence-electron chi connectivity index (χ0n) is 4.69. The third-order valence-electron chi connectivity index (χ3n) is 0.590. The van der Waals surface area contributed by atoms with E-state index in [-0.39, 0.29) is 6.10 Å². The van der Waals surface area contributed by atoms with Crippen molar-refractivity contribution in [2.45, 2.75) is 13.0 Å². The molecule has 1 unspecified atom stereocenters. The van der Waals surface area contributed by atoms with Gasteiger partial charge in [-0.2, -0.15) is 0 Å². The minimum Gasteiger partial charge on any atom is -0.369 e. The SMILES string of the molecule is [CH2]C(C#CC)OC. The van der Waals surface area contributed by atoms with Gasteiger partial charge >= 0.3 is 0 Å². The predicted molar refractivity (Wildman–Crippen MR) is 29.6 cm³/mol. The summed E-state index contributed by atoms with van der Waals surface area (Å²) in [6.45, 7) is 5.31. The van der Waals surface area contributed by atoms with Gasteiger partial charge in [-0.05, 0) is 13.8 Å². The molecule has 0 bridgehead atoms. The van der Waals surface area contributed by atoms with Crippen molar-refractivity contribution in [3.63, 3.8) is 0 Å². The van der Waals surface area contributed by atoms with Crippen molar-refractivity contribution in [2.75, 3.05) is 7.11 Å². The maximum Gasteiger partial charge on any atom is 0.117 e. The average molecular weight is 97.1 g/mol. The molecule has 0 saturated carbocycles. The van der Waals surface area contributed by atoms with E-state index in [9.17, 15) is 0 Å². The standard InChI is InChI=1S/C6H9O/c1-4-5-6(2)7-3/h6H,2H2,1,3H3. The highest BCUT2D eigenvalue weighted by atomic mass is 16.5. The van der Waals surface area contributed by atoms with Gasteiger partial charge in [-0.3, -0.25) is 0 Å². The van der Waals surface area contributed by atoms with Crippen LogP contribution in [0.5, 0.6) is 0 Å². The predicted octanol–water partition coefficient (Wildman–Crippen LogP) is 0.859. The molecule has 0 aliphatic rings. The fourth-order valence-electron chi connectivity index (χ4n) is 0.220. The average Bonchev–Trinajstić information content (AvgIpc) is 1.68. The van der Waals surface area contributed by atoms with E-state index in [2.05, 4.69) is 18.8 Å². The van der Waals surface area contributed by atoms with Crippen LogP contribution in [0.15, 0.2) is 0 Å². The van der Waals surface area contributed by atoms with E-state index in [1.54, 1.807) is 14.0 Å². The summed E-state index contributed by atoms with van der Waals surface area (Å²) in [6.07, 6.45) is -0.162. The van der Waals surface area contributed by atoms with Crippen LogP contribution < -0.4 is 0 Å². The van der Waals surface area contributed by atoms with Gasteiger partial charge in [0.2, 0.25) is 0 Å². The lowest BCUT2D eigenvalue weighted by atomic mass is 10.4. The molecule has 0 aromatic rings. The van der Waals surface area contributed by atoms with Crippen molar-refractivity contribution in [3.05, 3.63) is 6.92 Å². The van der Waals surface area contributed by atoms with Crippen LogP contribution in [0, 0.1) is 18.8 Å². The van der Waals surface area contributed by atoms with Crippen LogP contribution in [0.1, 0.15) is 6.92 Å². The third kappa shape index (κ3) is 3.35. The molecule has 0 aromatic heterocycles. The Balaban J connectivity index is 3.29. The van der Waals surface area contributed by atoms with E-state index in [1.807, 2.05) is 0 Å². The van der Waals surface area contributed by atoms with Crippen molar-refractivity contribution < 1.29 is 4.74 Å². The first kappa shape index (κ1) is 6.52. The molecule has 0 aromatic carbocycles. The molecule has 0 spiro atoms. The maximum atomic E-state index is 4.71.